The molecule has 0 spiro atoms. The van der Waals surface area contributed by atoms with Gasteiger partial charge < -0.3 is 4.74 Å². The van der Waals surface area contributed by atoms with Gasteiger partial charge in [0.1, 0.15) is 0 Å². The van der Waals surface area contributed by atoms with E-state index < -0.39 is 10.0 Å². The lowest BCUT2D eigenvalue weighted by atomic mass is 10.2. The van der Waals surface area contributed by atoms with Crippen LogP contribution in [0.1, 0.15) is 19.4 Å². The number of rotatable bonds is 4. The predicted molar refractivity (Wildman–Crippen MR) is 78.2 cm³/mol. The smallest absolute Gasteiger partial charge is 0.317 e. The molecule has 1 aromatic rings. The normalized spacial score (nSPS) is 13.5. The number of carbonyl (C=O) groups is 1. The van der Waals surface area contributed by atoms with Crippen molar-refractivity contribution in [2.75, 3.05) is 19.1 Å². The van der Waals surface area contributed by atoms with E-state index >= 15 is 0 Å². The number of hydrogen-bond donors (Lipinski definition) is 0. The van der Waals surface area contributed by atoms with Gasteiger partial charge in [-0.25, -0.2) is 10.0 Å². The van der Waals surface area contributed by atoms with E-state index in [1.165, 1.54) is 4.90 Å². The van der Waals surface area contributed by atoms with Crippen molar-refractivity contribution in [2.45, 2.75) is 24.0 Å². The predicted octanol–water partition coefficient (Wildman–Crippen LogP) is 3.04. The quantitative estimate of drug-likeness (QED) is 0.617. The minimum atomic E-state index is -1.23. The first kappa shape index (κ1) is 14.7. The lowest BCUT2D eigenvalue weighted by molar-refractivity contribution is -0.142. The zero-order valence-corrected chi connectivity index (χ0v) is 12.2. The van der Waals surface area contributed by atoms with Crippen molar-refractivity contribution in [1.29, 1.82) is 0 Å². The number of carbonyl (C=O) groups excluding carboxylic acids is 1. The van der Waals surface area contributed by atoms with Gasteiger partial charge in [0.25, 0.3) is 0 Å². The van der Waals surface area contributed by atoms with Crippen molar-refractivity contribution in [3.05, 3.63) is 29.8 Å². The molecule has 0 amide bonds. The van der Waals surface area contributed by atoms with E-state index in [0.29, 0.717) is 6.61 Å². The minimum Gasteiger partial charge on any atom is -0.465 e. The van der Waals surface area contributed by atoms with Gasteiger partial charge >= 0.3 is 5.97 Å². The maximum Gasteiger partial charge on any atom is 0.317 e. The summed E-state index contributed by atoms with van der Waals surface area (Å²) in [4.78, 5) is 13.0. The Bertz CT molecular complexity index is 454. The summed E-state index contributed by atoms with van der Waals surface area (Å²) in [6.45, 7) is 4.19. The molecule has 0 unspecified atom stereocenters. The van der Waals surface area contributed by atoms with Gasteiger partial charge in [0.2, 0.25) is 0 Å². The molecule has 0 bridgehead atoms. The molecular formula is C15H20O2S. The van der Waals surface area contributed by atoms with E-state index in [-0.39, 0.29) is 11.2 Å². The zero-order chi connectivity index (χ0) is 13.8. The summed E-state index contributed by atoms with van der Waals surface area (Å²) in [5.74, 6) is 2.47. The van der Waals surface area contributed by atoms with E-state index in [9.17, 15) is 4.79 Å². The first-order valence-electron chi connectivity index (χ1n) is 5.89. The Morgan fingerprint density at radius 1 is 1.39 bits per heavy atom. The fourth-order valence-electron chi connectivity index (χ4n) is 1.61. The van der Waals surface area contributed by atoms with Gasteiger partial charge in [0.15, 0.2) is 0 Å². The number of terminal acetylenes is 1. The van der Waals surface area contributed by atoms with E-state index in [1.54, 1.807) is 0 Å². The van der Waals surface area contributed by atoms with Crippen LogP contribution in [0.25, 0.3) is 0 Å². The third-order valence-electron chi connectivity index (χ3n) is 3.13. The van der Waals surface area contributed by atoms with Crippen LogP contribution in [0.15, 0.2) is 29.2 Å². The van der Waals surface area contributed by atoms with Crippen molar-refractivity contribution in [3.8, 4) is 12.3 Å². The third-order valence-corrected chi connectivity index (χ3v) is 6.58. The standard InChI is InChI=1S/C15H20O2S/c1-6-13-8-10-14(11-9-13)18(4,5)12(3)15(16)17-7-2/h1,8-12H,7H2,2-5H3/t12-/m1/s1. The first-order chi connectivity index (χ1) is 8.43. The topological polar surface area (TPSA) is 26.3 Å². The number of esters is 1. The molecule has 0 saturated heterocycles. The lowest BCUT2D eigenvalue weighted by Crippen LogP contribution is -2.25. The molecule has 2 nitrogen and oxygen atoms in total. The Morgan fingerprint density at radius 2 is 1.94 bits per heavy atom. The van der Waals surface area contributed by atoms with Crippen molar-refractivity contribution >= 4 is 16.0 Å². The molecule has 0 radical (unpaired) electrons. The second-order valence-corrected chi connectivity index (χ2v) is 8.46. The maximum atomic E-state index is 11.9. The average Bonchev–Trinajstić information content (AvgIpc) is 2.38. The number of benzene rings is 1. The molecule has 0 saturated carbocycles. The molecule has 18 heavy (non-hydrogen) atoms. The first-order valence-corrected chi connectivity index (χ1v) is 8.40. The Kier molecular flexibility index (Phi) is 4.86. The van der Waals surface area contributed by atoms with Crippen LogP contribution in [0.3, 0.4) is 0 Å². The Morgan fingerprint density at radius 3 is 2.39 bits per heavy atom. The highest BCUT2D eigenvalue weighted by Crippen LogP contribution is 2.53. The minimum absolute atomic E-state index is 0.117. The largest absolute Gasteiger partial charge is 0.465 e. The van der Waals surface area contributed by atoms with Crippen LogP contribution in [0, 0.1) is 12.3 Å². The molecule has 1 atom stereocenters. The SMILES string of the molecule is C#Cc1ccc(S(C)(C)[C@H](C)C(=O)OCC)cc1. The molecule has 1 rings (SSSR count). The van der Waals surface area contributed by atoms with Crippen LogP contribution in [0.5, 0.6) is 0 Å². The highest BCUT2D eigenvalue weighted by atomic mass is 32.3. The summed E-state index contributed by atoms with van der Waals surface area (Å²) in [5.41, 5.74) is 0.859. The third kappa shape index (κ3) is 3.08. The summed E-state index contributed by atoms with van der Waals surface area (Å²) in [7, 11) is -1.23. The van der Waals surface area contributed by atoms with Crippen LogP contribution < -0.4 is 0 Å². The Balaban J connectivity index is 2.97. The summed E-state index contributed by atoms with van der Waals surface area (Å²) < 4.78 is 5.11. The zero-order valence-electron chi connectivity index (χ0n) is 11.4. The van der Waals surface area contributed by atoms with E-state index in [2.05, 4.69) is 18.4 Å². The van der Waals surface area contributed by atoms with Crippen LogP contribution in [0.2, 0.25) is 0 Å². The molecule has 0 fully saturated rings. The summed E-state index contributed by atoms with van der Waals surface area (Å²) in [6.07, 6.45) is 9.59. The van der Waals surface area contributed by atoms with E-state index in [4.69, 9.17) is 11.2 Å². The van der Waals surface area contributed by atoms with Gasteiger partial charge in [-0.1, -0.05) is 5.92 Å². The van der Waals surface area contributed by atoms with Crippen LogP contribution in [-0.4, -0.2) is 30.3 Å². The van der Waals surface area contributed by atoms with Crippen LogP contribution in [-0.2, 0) is 9.53 Å². The molecule has 0 N–H and O–H groups in total. The van der Waals surface area contributed by atoms with Crippen LogP contribution >= 0.6 is 10.0 Å². The molecule has 98 valence electrons. The van der Waals surface area contributed by atoms with Gasteiger partial charge in [0.05, 0.1) is 11.9 Å². The van der Waals surface area contributed by atoms with Gasteiger partial charge in [-0.15, -0.1) is 6.42 Å². The highest BCUT2D eigenvalue weighted by Gasteiger charge is 2.29. The number of hydrogen-bond acceptors (Lipinski definition) is 2. The second kappa shape index (κ2) is 5.97. The highest BCUT2D eigenvalue weighted by molar-refractivity contribution is 8.33. The monoisotopic (exact) mass is 264 g/mol. The van der Waals surface area contributed by atoms with Gasteiger partial charge in [-0.3, -0.25) is 4.79 Å². The summed E-state index contributed by atoms with van der Waals surface area (Å²) in [6, 6.07) is 7.87. The van der Waals surface area contributed by atoms with Gasteiger partial charge in [-0.05, 0) is 55.5 Å². The Hall–Kier alpha value is -1.40. The van der Waals surface area contributed by atoms with E-state index in [1.807, 2.05) is 38.1 Å². The van der Waals surface area contributed by atoms with Crippen molar-refractivity contribution < 1.29 is 9.53 Å². The molecule has 0 aliphatic rings. The molecule has 0 aliphatic heterocycles. The lowest BCUT2D eigenvalue weighted by Gasteiger charge is -2.36. The summed E-state index contributed by atoms with van der Waals surface area (Å²) in [5, 5.41) is -0.117. The second-order valence-electron chi connectivity index (χ2n) is 4.47. The fourth-order valence-corrected chi connectivity index (χ4v) is 3.40. The van der Waals surface area contributed by atoms with Gasteiger partial charge in [-0.2, -0.15) is 0 Å². The molecule has 3 heteroatoms. The van der Waals surface area contributed by atoms with Crippen molar-refractivity contribution in [2.24, 2.45) is 0 Å². The van der Waals surface area contributed by atoms with E-state index in [0.717, 1.165) is 5.56 Å². The number of ether oxygens (including phenoxy) is 1. The van der Waals surface area contributed by atoms with Gasteiger partial charge in [0, 0.05) is 5.56 Å². The Labute approximate surface area is 111 Å². The fraction of sp³-hybridized carbons (Fsp3) is 0.400. The molecule has 0 aromatic heterocycles. The van der Waals surface area contributed by atoms with Crippen LogP contribution in [0.4, 0.5) is 0 Å². The molecular weight excluding hydrogens is 244 g/mol. The summed E-state index contributed by atoms with van der Waals surface area (Å²) >= 11 is 0. The molecule has 0 heterocycles. The molecule has 1 aromatic carbocycles. The average molecular weight is 264 g/mol. The molecule has 0 aliphatic carbocycles. The van der Waals surface area contributed by atoms with Crippen molar-refractivity contribution in [3.63, 3.8) is 0 Å². The van der Waals surface area contributed by atoms with Crippen molar-refractivity contribution in [1.82, 2.24) is 0 Å². The maximum absolute atomic E-state index is 11.9.